The number of aromatic nitrogens is 3. The second-order valence-corrected chi connectivity index (χ2v) is 3.53. The Kier molecular flexibility index (Phi) is 3.04. The summed E-state index contributed by atoms with van der Waals surface area (Å²) < 4.78 is 3.20. The van der Waals surface area contributed by atoms with Crippen molar-refractivity contribution in [1.82, 2.24) is 14.1 Å². The third-order valence-electron chi connectivity index (χ3n) is 2.41. The molecule has 2 aromatic rings. The average molecular weight is 233 g/mol. The molecule has 0 aliphatic rings. The number of imidazole rings is 1. The standard InChI is InChI=1S/C11H11N3O3/c15-10-9(11(16)17)2-1-4-14(10)7-6-13-5-3-12-8-13/h1-5,8H,6-7H2,(H,16,17). The van der Waals surface area contributed by atoms with Gasteiger partial charge in [-0.25, -0.2) is 9.78 Å². The SMILES string of the molecule is O=C(O)c1cccn(CCn2ccnc2)c1=O. The van der Waals surface area contributed by atoms with Crippen LogP contribution in [0.2, 0.25) is 0 Å². The number of carbonyl (C=O) groups is 1. The molecule has 88 valence electrons. The lowest BCUT2D eigenvalue weighted by Crippen LogP contribution is -2.26. The van der Waals surface area contributed by atoms with Gasteiger partial charge < -0.3 is 14.2 Å². The maximum absolute atomic E-state index is 11.7. The van der Waals surface area contributed by atoms with Gasteiger partial charge in [0.05, 0.1) is 6.33 Å². The molecule has 0 atom stereocenters. The Morgan fingerprint density at radius 3 is 2.82 bits per heavy atom. The molecule has 0 saturated carbocycles. The molecule has 0 bridgehead atoms. The minimum atomic E-state index is -1.20. The average Bonchev–Trinajstić information content (AvgIpc) is 2.80. The van der Waals surface area contributed by atoms with Gasteiger partial charge in [-0.1, -0.05) is 0 Å². The van der Waals surface area contributed by atoms with E-state index < -0.39 is 11.5 Å². The highest BCUT2D eigenvalue weighted by molar-refractivity contribution is 5.86. The maximum atomic E-state index is 11.7. The number of hydrogen-bond donors (Lipinski definition) is 1. The molecule has 0 fully saturated rings. The van der Waals surface area contributed by atoms with E-state index in [1.165, 1.54) is 10.6 Å². The summed E-state index contributed by atoms with van der Waals surface area (Å²) in [7, 11) is 0. The molecule has 0 spiro atoms. The van der Waals surface area contributed by atoms with Crippen LogP contribution in [0, 0.1) is 0 Å². The van der Waals surface area contributed by atoms with Crippen molar-refractivity contribution in [2.75, 3.05) is 0 Å². The molecule has 0 aliphatic carbocycles. The Morgan fingerprint density at radius 1 is 1.35 bits per heavy atom. The molecule has 0 radical (unpaired) electrons. The van der Waals surface area contributed by atoms with Crippen LogP contribution in [0.4, 0.5) is 0 Å². The van der Waals surface area contributed by atoms with Crippen molar-refractivity contribution in [3.05, 3.63) is 53.0 Å². The summed E-state index contributed by atoms with van der Waals surface area (Å²) in [6.07, 6.45) is 6.65. The van der Waals surface area contributed by atoms with Crippen LogP contribution in [0.3, 0.4) is 0 Å². The van der Waals surface area contributed by atoms with Crippen LogP contribution in [0.1, 0.15) is 10.4 Å². The summed E-state index contributed by atoms with van der Waals surface area (Å²) in [5.74, 6) is -1.20. The summed E-state index contributed by atoms with van der Waals surface area (Å²) in [4.78, 5) is 26.4. The molecule has 2 aromatic heterocycles. The van der Waals surface area contributed by atoms with Gasteiger partial charge in [-0.15, -0.1) is 0 Å². The lowest BCUT2D eigenvalue weighted by molar-refractivity contribution is 0.0694. The van der Waals surface area contributed by atoms with E-state index in [0.29, 0.717) is 13.1 Å². The fourth-order valence-electron chi connectivity index (χ4n) is 1.52. The smallest absolute Gasteiger partial charge is 0.341 e. The first kappa shape index (κ1) is 11.1. The Labute approximate surface area is 96.8 Å². The minimum Gasteiger partial charge on any atom is -0.477 e. The van der Waals surface area contributed by atoms with E-state index in [9.17, 15) is 9.59 Å². The first-order valence-electron chi connectivity index (χ1n) is 5.07. The molecule has 6 nitrogen and oxygen atoms in total. The second kappa shape index (κ2) is 4.65. The van der Waals surface area contributed by atoms with Crippen LogP contribution in [0.15, 0.2) is 41.8 Å². The summed E-state index contributed by atoms with van der Waals surface area (Å²) in [6.45, 7) is 0.985. The Hall–Kier alpha value is -2.37. The first-order valence-corrected chi connectivity index (χ1v) is 5.07. The number of pyridine rings is 1. The van der Waals surface area contributed by atoms with Gasteiger partial charge in [0.15, 0.2) is 0 Å². The topological polar surface area (TPSA) is 77.1 Å². The number of carboxylic acids is 1. The number of hydrogen-bond acceptors (Lipinski definition) is 3. The largest absolute Gasteiger partial charge is 0.477 e. The van der Waals surface area contributed by atoms with E-state index in [-0.39, 0.29) is 5.56 Å². The van der Waals surface area contributed by atoms with Gasteiger partial charge in [-0.3, -0.25) is 4.79 Å². The number of carboxylic acid groups (broad SMARTS) is 1. The number of nitrogens with zero attached hydrogens (tertiary/aromatic N) is 3. The molecule has 17 heavy (non-hydrogen) atoms. The molecule has 2 rings (SSSR count). The Morgan fingerprint density at radius 2 is 2.18 bits per heavy atom. The van der Waals surface area contributed by atoms with Crippen LogP contribution in [-0.2, 0) is 13.1 Å². The third kappa shape index (κ3) is 2.41. The number of aromatic carboxylic acids is 1. The van der Waals surface area contributed by atoms with Gasteiger partial charge in [-0.05, 0) is 12.1 Å². The zero-order chi connectivity index (χ0) is 12.3. The van der Waals surface area contributed by atoms with Gasteiger partial charge >= 0.3 is 5.97 Å². The summed E-state index contributed by atoms with van der Waals surface area (Å²) in [6, 6.07) is 2.86. The minimum absolute atomic E-state index is 0.210. The van der Waals surface area contributed by atoms with Crippen LogP contribution in [-0.4, -0.2) is 25.2 Å². The highest BCUT2D eigenvalue weighted by Gasteiger charge is 2.09. The van der Waals surface area contributed by atoms with Gasteiger partial charge in [0.1, 0.15) is 5.56 Å². The first-order chi connectivity index (χ1) is 8.18. The highest BCUT2D eigenvalue weighted by Crippen LogP contribution is 1.94. The lowest BCUT2D eigenvalue weighted by atomic mass is 10.3. The quantitative estimate of drug-likeness (QED) is 0.831. The molecule has 6 heteroatoms. The molecule has 0 unspecified atom stereocenters. The van der Waals surface area contributed by atoms with Crippen LogP contribution >= 0.6 is 0 Å². The van der Waals surface area contributed by atoms with E-state index in [2.05, 4.69) is 4.98 Å². The van der Waals surface area contributed by atoms with Crippen molar-refractivity contribution in [3.63, 3.8) is 0 Å². The van der Waals surface area contributed by atoms with Crippen molar-refractivity contribution < 1.29 is 9.90 Å². The number of aryl methyl sites for hydroxylation is 2. The molecule has 0 amide bonds. The van der Waals surface area contributed by atoms with Crippen molar-refractivity contribution in [3.8, 4) is 0 Å². The summed E-state index contributed by atoms with van der Waals surface area (Å²) in [5.41, 5.74) is -0.696. The molecular formula is C11H11N3O3. The zero-order valence-electron chi connectivity index (χ0n) is 8.98. The molecular weight excluding hydrogens is 222 g/mol. The van der Waals surface area contributed by atoms with Crippen molar-refractivity contribution in [1.29, 1.82) is 0 Å². The van der Waals surface area contributed by atoms with Crippen LogP contribution < -0.4 is 5.56 Å². The molecule has 0 aliphatic heterocycles. The predicted molar refractivity (Wildman–Crippen MR) is 59.9 cm³/mol. The Bertz CT molecular complexity index is 572. The summed E-state index contributed by atoms with van der Waals surface area (Å²) in [5, 5.41) is 8.81. The normalized spacial score (nSPS) is 10.4. The predicted octanol–water partition coefficient (Wildman–Crippen LogP) is 0.443. The fraction of sp³-hybridized carbons (Fsp3) is 0.182. The number of rotatable bonds is 4. The van der Waals surface area contributed by atoms with Gasteiger partial charge in [0, 0.05) is 31.7 Å². The van der Waals surface area contributed by atoms with Gasteiger partial charge in [0.2, 0.25) is 0 Å². The van der Waals surface area contributed by atoms with Gasteiger partial charge in [-0.2, -0.15) is 0 Å². The third-order valence-corrected chi connectivity index (χ3v) is 2.41. The molecule has 0 aromatic carbocycles. The zero-order valence-corrected chi connectivity index (χ0v) is 8.98. The van der Waals surface area contributed by atoms with E-state index >= 15 is 0 Å². The van der Waals surface area contributed by atoms with E-state index in [1.54, 1.807) is 31.0 Å². The van der Waals surface area contributed by atoms with Crippen molar-refractivity contribution in [2.45, 2.75) is 13.1 Å². The van der Waals surface area contributed by atoms with Crippen LogP contribution in [0.5, 0.6) is 0 Å². The van der Waals surface area contributed by atoms with Crippen molar-refractivity contribution in [2.24, 2.45) is 0 Å². The van der Waals surface area contributed by atoms with Gasteiger partial charge in [0.25, 0.3) is 5.56 Å². The van der Waals surface area contributed by atoms with E-state index in [1.807, 2.05) is 4.57 Å². The van der Waals surface area contributed by atoms with E-state index in [4.69, 9.17) is 5.11 Å². The molecule has 0 saturated heterocycles. The molecule has 2 heterocycles. The maximum Gasteiger partial charge on any atom is 0.341 e. The molecule has 1 N–H and O–H groups in total. The fourth-order valence-corrected chi connectivity index (χ4v) is 1.52. The van der Waals surface area contributed by atoms with E-state index in [0.717, 1.165) is 0 Å². The summed E-state index contributed by atoms with van der Waals surface area (Å²) >= 11 is 0. The van der Waals surface area contributed by atoms with Crippen LogP contribution in [0.25, 0.3) is 0 Å². The van der Waals surface area contributed by atoms with Crippen molar-refractivity contribution >= 4 is 5.97 Å². The lowest BCUT2D eigenvalue weighted by Gasteiger charge is -2.06. The Balaban J connectivity index is 2.19. The second-order valence-electron chi connectivity index (χ2n) is 3.53. The monoisotopic (exact) mass is 233 g/mol. The highest BCUT2D eigenvalue weighted by atomic mass is 16.4.